The first kappa shape index (κ1) is 12.8. The lowest BCUT2D eigenvalue weighted by Crippen LogP contribution is -2.58. The van der Waals surface area contributed by atoms with Gasteiger partial charge in [-0.1, -0.05) is 6.92 Å². The predicted molar refractivity (Wildman–Crippen MR) is 66.5 cm³/mol. The molecule has 0 bridgehead atoms. The van der Waals surface area contributed by atoms with Crippen LogP contribution in [0.1, 0.15) is 33.1 Å². The molecule has 98 valence electrons. The first-order valence-electron chi connectivity index (χ1n) is 6.58. The minimum absolute atomic E-state index is 0.106. The van der Waals surface area contributed by atoms with E-state index in [4.69, 9.17) is 10.5 Å². The fourth-order valence-corrected chi connectivity index (χ4v) is 2.72. The number of ether oxygens (including phenoxy) is 1. The van der Waals surface area contributed by atoms with Gasteiger partial charge in [-0.15, -0.1) is 0 Å². The van der Waals surface area contributed by atoms with Gasteiger partial charge in [0.2, 0.25) is 5.91 Å². The molecule has 1 aliphatic carbocycles. The molecule has 0 aromatic rings. The van der Waals surface area contributed by atoms with Gasteiger partial charge in [-0.05, 0) is 38.0 Å². The normalized spacial score (nSPS) is 33.3. The Labute approximate surface area is 103 Å². The first-order valence-corrected chi connectivity index (χ1v) is 6.58. The molecule has 1 aliphatic heterocycles. The van der Waals surface area contributed by atoms with Crippen molar-refractivity contribution in [2.24, 2.45) is 17.6 Å². The van der Waals surface area contributed by atoms with Crippen molar-refractivity contribution in [3.8, 4) is 0 Å². The Bertz CT molecular complexity index is 300. The van der Waals surface area contributed by atoms with Crippen LogP contribution in [0.15, 0.2) is 0 Å². The van der Waals surface area contributed by atoms with E-state index < -0.39 is 5.54 Å². The highest BCUT2D eigenvalue weighted by atomic mass is 16.5. The second-order valence-corrected chi connectivity index (χ2v) is 5.85. The van der Waals surface area contributed by atoms with Gasteiger partial charge in [0.25, 0.3) is 0 Å². The Balaban J connectivity index is 2.00. The SMILES string of the molecule is COC1CN(C(=O)C(C)(N)C2CC2)CCC1C. The van der Waals surface area contributed by atoms with Crippen molar-refractivity contribution in [3.05, 3.63) is 0 Å². The maximum absolute atomic E-state index is 12.4. The van der Waals surface area contributed by atoms with Gasteiger partial charge in [-0.25, -0.2) is 0 Å². The number of likely N-dealkylation sites (tertiary alicyclic amines) is 1. The first-order chi connectivity index (χ1) is 7.96. The molecule has 2 N–H and O–H groups in total. The fraction of sp³-hybridized carbons (Fsp3) is 0.923. The Morgan fingerprint density at radius 2 is 2.06 bits per heavy atom. The van der Waals surface area contributed by atoms with Gasteiger partial charge in [0, 0.05) is 20.2 Å². The smallest absolute Gasteiger partial charge is 0.242 e. The van der Waals surface area contributed by atoms with Gasteiger partial charge in [-0.2, -0.15) is 0 Å². The lowest BCUT2D eigenvalue weighted by atomic mass is 9.91. The fourth-order valence-electron chi connectivity index (χ4n) is 2.72. The third kappa shape index (κ3) is 2.47. The molecule has 0 spiro atoms. The van der Waals surface area contributed by atoms with Crippen LogP contribution in [0.25, 0.3) is 0 Å². The van der Waals surface area contributed by atoms with E-state index in [1.165, 1.54) is 0 Å². The summed E-state index contributed by atoms with van der Waals surface area (Å²) in [6, 6.07) is 0. The highest BCUT2D eigenvalue weighted by Gasteiger charge is 2.46. The van der Waals surface area contributed by atoms with Crippen molar-refractivity contribution < 1.29 is 9.53 Å². The van der Waals surface area contributed by atoms with E-state index in [0.29, 0.717) is 18.4 Å². The molecular formula is C13H24N2O2. The molecule has 1 amide bonds. The molecule has 2 aliphatic rings. The van der Waals surface area contributed by atoms with Gasteiger partial charge in [0.05, 0.1) is 11.6 Å². The number of amides is 1. The summed E-state index contributed by atoms with van der Waals surface area (Å²) < 4.78 is 5.44. The molecule has 4 nitrogen and oxygen atoms in total. The standard InChI is InChI=1S/C13H24N2O2/c1-9-6-7-15(8-11(9)17-3)12(16)13(2,14)10-4-5-10/h9-11H,4-8,14H2,1-3H3. The van der Waals surface area contributed by atoms with Crippen molar-refractivity contribution in [1.82, 2.24) is 4.90 Å². The van der Waals surface area contributed by atoms with Crippen LogP contribution >= 0.6 is 0 Å². The van der Waals surface area contributed by atoms with Crippen molar-refractivity contribution in [2.75, 3.05) is 20.2 Å². The molecule has 0 aromatic heterocycles. The Kier molecular flexibility index (Phi) is 3.46. The molecule has 17 heavy (non-hydrogen) atoms. The molecule has 1 heterocycles. The monoisotopic (exact) mass is 240 g/mol. The third-order valence-electron chi connectivity index (χ3n) is 4.37. The largest absolute Gasteiger partial charge is 0.379 e. The zero-order chi connectivity index (χ0) is 12.6. The molecule has 3 atom stereocenters. The maximum Gasteiger partial charge on any atom is 0.242 e. The summed E-state index contributed by atoms with van der Waals surface area (Å²) in [5.41, 5.74) is 5.52. The zero-order valence-electron chi connectivity index (χ0n) is 11.1. The van der Waals surface area contributed by atoms with Crippen LogP contribution in [0.3, 0.4) is 0 Å². The van der Waals surface area contributed by atoms with E-state index in [2.05, 4.69) is 6.92 Å². The minimum atomic E-state index is -0.668. The number of nitrogens with zero attached hydrogens (tertiary/aromatic N) is 1. The molecule has 4 heteroatoms. The summed E-state index contributed by atoms with van der Waals surface area (Å²) in [7, 11) is 1.72. The summed E-state index contributed by atoms with van der Waals surface area (Å²) >= 11 is 0. The topological polar surface area (TPSA) is 55.6 Å². The summed E-state index contributed by atoms with van der Waals surface area (Å²) in [4.78, 5) is 14.3. The van der Waals surface area contributed by atoms with Crippen LogP contribution < -0.4 is 5.73 Å². The second kappa shape index (κ2) is 4.58. The highest BCUT2D eigenvalue weighted by molar-refractivity contribution is 5.86. The average molecular weight is 240 g/mol. The quantitative estimate of drug-likeness (QED) is 0.800. The molecule has 0 radical (unpaired) electrons. The third-order valence-corrected chi connectivity index (χ3v) is 4.37. The summed E-state index contributed by atoms with van der Waals surface area (Å²) in [5, 5.41) is 0. The number of rotatable bonds is 3. The summed E-state index contributed by atoms with van der Waals surface area (Å²) in [6.45, 7) is 5.57. The van der Waals surface area contributed by atoms with Crippen LogP contribution in [0, 0.1) is 11.8 Å². The summed E-state index contributed by atoms with van der Waals surface area (Å²) in [6.07, 6.45) is 3.35. The van der Waals surface area contributed by atoms with Gasteiger partial charge in [0.15, 0.2) is 0 Å². The molecule has 3 unspecified atom stereocenters. The van der Waals surface area contributed by atoms with E-state index >= 15 is 0 Å². The van der Waals surface area contributed by atoms with Crippen molar-refractivity contribution in [2.45, 2.75) is 44.8 Å². The van der Waals surface area contributed by atoms with Gasteiger partial charge >= 0.3 is 0 Å². The number of piperidine rings is 1. The lowest BCUT2D eigenvalue weighted by Gasteiger charge is -2.39. The minimum Gasteiger partial charge on any atom is -0.379 e. The second-order valence-electron chi connectivity index (χ2n) is 5.85. The van der Waals surface area contributed by atoms with E-state index in [0.717, 1.165) is 25.8 Å². The van der Waals surface area contributed by atoms with Crippen molar-refractivity contribution in [3.63, 3.8) is 0 Å². The molecule has 1 saturated carbocycles. The Morgan fingerprint density at radius 1 is 1.41 bits per heavy atom. The summed E-state index contributed by atoms with van der Waals surface area (Å²) in [5.74, 6) is 1.01. The van der Waals surface area contributed by atoms with Crippen molar-refractivity contribution in [1.29, 1.82) is 0 Å². The number of hydrogen-bond acceptors (Lipinski definition) is 3. The van der Waals surface area contributed by atoms with Gasteiger partial charge in [-0.3, -0.25) is 4.79 Å². The molecule has 2 rings (SSSR count). The van der Waals surface area contributed by atoms with Gasteiger partial charge in [0.1, 0.15) is 0 Å². The zero-order valence-corrected chi connectivity index (χ0v) is 11.1. The number of nitrogens with two attached hydrogens (primary N) is 1. The van der Waals surface area contributed by atoms with Crippen molar-refractivity contribution >= 4 is 5.91 Å². The number of methoxy groups -OCH3 is 1. The van der Waals surface area contributed by atoms with E-state index in [1.54, 1.807) is 7.11 Å². The number of carbonyl (C=O) groups excluding carboxylic acids is 1. The number of carbonyl (C=O) groups is 1. The molecular weight excluding hydrogens is 216 g/mol. The van der Waals surface area contributed by atoms with Crippen LogP contribution in [0.5, 0.6) is 0 Å². The highest BCUT2D eigenvalue weighted by Crippen LogP contribution is 2.39. The van der Waals surface area contributed by atoms with Crippen LogP contribution in [0.4, 0.5) is 0 Å². The van der Waals surface area contributed by atoms with Crippen LogP contribution in [0.2, 0.25) is 0 Å². The Hall–Kier alpha value is -0.610. The number of hydrogen-bond donors (Lipinski definition) is 1. The van der Waals surface area contributed by atoms with Crippen LogP contribution in [-0.2, 0) is 9.53 Å². The molecule has 1 saturated heterocycles. The molecule has 2 fully saturated rings. The Morgan fingerprint density at radius 3 is 2.59 bits per heavy atom. The van der Waals surface area contributed by atoms with E-state index in [1.807, 2.05) is 11.8 Å². The lowest BCUT2D eigenvalue weighted by molar-refractivity contribution is -0.142. The maximum atomic E-state index is 12.4. The predicted octanol–water partition coefficient (Wildman–Crippen LogP) is 0.997. The van der Waals surface area contributed by atoms with E-state index in [9.17, 15) is 4.79 Å². The average Bonchev–Trinajstić information content (AvgIpc) is 3.12. The van der Waals surface area contributed by atoms with Crippen LogP contribution in [-0.4, -0.2) is 42.6 Å². The van der Waals surface area contributed by atoms with E-state index in [-0.39, 0.29) is 12.0 Å². The van der Waals surface area contributed by atoms with Gasteiger partial charge < -0.3 is 15.4 Å². The molecule has 0 aromatic carbocycles.